The quantitative estimate of drug-likeness (QED) is 0.814. The fourth-order valence-corrected chi connectivity index (χ4v) is 1.50. The average molecular weight is 275 g/mol. The Balaban J connectivity index is 2.66. The first-order chi connectivity index (χ1) is 7.09. The van der Waals surface area contributed by atoms with E-state index >= 15 is 0 Å². The minimum absolute atomic E-state index is 0.00350. The van der Waals surface area contributed by atoms with Crippen molar-refractivity contribution in [2.24, 2.45) is 0 Å². The van der Waals surface area contributed by atoms with Gasteiger partial charge in [-0.05, 0) is 28.1 Å². The van der Waals surface area contributed by atoms with Gasteiger partial charge in [0.2, 0.25) is 5.88 Å². The zero-order chi connectivity index (χ0) is 11.0. The molecule has 0 unspecified atom stereocenters. The molecule has 78 valence electrons. The van der Waals surface area contributed by atoms with Gasteiger partial charge in [0.1, 0.15) is 17.3 Å². The van der Waals surface area contributed by atoms with Gasteiger partial charge >= 0.3 is 0 Å². The van der Waals surface area contributed by atoms with Crippen LogP contribution in [0.15, 0.2) is 27.2 Å². The highest BCUT2D eigenvalue weighted by Crippen LogP contribution is 2.30. The molecule has 0 spiro atoms. The van der Waals surface area contributed by atoms with Crippen molar-refractivity contribution in [1.29, 1.82) is 0 Å². The number of nitrogens with two attached hydrogens (primary N) is 1. The van der Waals surface area contributed by atoms with E-state index in [0.717, 1.165) is 6.07 Å². The predicted molar refractivity (Wildman–Crippen MR) is 54.0 cm³/mol. The number of benzene rings is 1. The third-order valence-electron chi connectivity index (χ3n) is 1.83. The lowest BCUT2D eigenvalue weighted by molar-refractivity contribution is 0.438. The van der Waals surface area contributed by atoms with E-state index in [-0.39, 0.29) is 21.6 Å². The van der Waals surface area contributed by atoms with E-state index in [1.54, 1.807) is 0 Å². The number of halogens is 3. The first-order valence-corrected chi connectivity index (χ1v) is 4.75. The van der Waals surface area contributed by atoms with Gasteiger partial charge in [0.15, 0.2) is 0 Å². The van der Waals surface area contributed by atoms with Gasteiger partial charge in [-0.1, -0.05) is 5.16 Å². The molecule has 2 N–H and O–H groups in total. The average Bonchev–Trinajstić information content (AvgIpc) is 2.59. The van der Waals surface area contributed by atoms with E-state index in [2.05, 4.69) is 25.6 Å². The predicted octanol–water partition coefficient (Wildman–Crippen LogP) is 2.96. The summed E-state index contributed by atoms with van der Waals surface area (Å²) in [6.45, 7) is 0. The number of anilines is 1. The van der Waals surface area contributed by atoms with Gasteiger partial charge in [0, 0.05) is 6.07 Å². The number of nitrogens with zero attached hydrogens (tertiary/aromatic N) is 1. The number of nitrogen functional groups attached to an aromatic ring is 1. The Hall–Kier alpha value is -1.43. The molecule has 0 fully saturated rings. The van der Waals surface area contributed by atoms with Crippen molar-refractivity contribution in [2.45, 2.75) is 0 Å². The lowest BCUT2D eigenvalue weighted by Crippen LogP contribution is -1.91. The number of rotatable bonds is 1. The molecule has 3 nitrogen and oxygen atoms in total. The minimum atomic E-state index is -0.733. The van der Waals surface area contributed by atoms with E-state index in [1.165, 1.54) is 12.1 Å². The summed E-state index contributed by atoms with van der Waals surface area (Å²) in [5.41, 5.74) is 5.04. The van der Waals surface area contributed by atoms with Gasteiger partial charge in [-0.25, -0.2) is 8.78 Å². The third-order valence-corrected chi connectivity index (χ3v) is 2.44. The third kappa shape index (κ3) is 1.72. The number of hydrogen-bond acceptors (Lipinski definition) is 3. The van der Waals surface area contributed by atoms with Gasteiger partial charge in [-0.2, -0.15) is 0 Å². The lowest BCUT2D eigenvalue weighted by atomic mass is 10.1. The smallest absolute Gasteiger partial charge is 0.222 e. The van der Waals surface area contributed by atoms with Crippen LogP contribution >= 0.6 is 15.9 Å². The molecule has 0 atom stereocenters. The van der Waals surface area contributed by atoms with Crippen molar-refractivity contribution in [3.8, 4) is 11.3 Å². The molecule has 1 aromatic heterocycles. The second kappa shape index (κ2) is 3.62. The van der Waals surface area contributed by atoms with Crippen LogP contribution in [0.2, 0.25) is 0 Å². The van der Waals surface area contributed by atoms with Crippen LogP contribution in [-0.2, 0) is 0 Å². The molecule has 0 aliphatic carbocycles. The molecule has 1 heterocycles. The standard InChI is InChI=1S/C9H5BrF2N2O/c10-4-1-2-5(11)8(9(4)12)6-3-7(13)15-14-6/h1-3H,13H2. The highest BCUT2D eigenvalue weighted by Gasteiger charge is 2.17. The number of aromatic nitrogens is 1. The Morgan fingerprint density at radius 2 is 2.07 bits per heavy atom. The van der Waals surface area contributed by atoms with E-state index in [4.69, 9.17) is 5.73 Å². The summed E-state index contributed by atoms with van der Waals surface area (Å²) >= 11 is 2.95. The Kier molecular flexibility index (Phi) is 2.44. The zero-order valence-corrected chi connectivity index (χ0v) is 8.88. The normalized spacial score (nSPS) is 10.6. The Morgan fingerprint density at radius 1 is 1.33 bits per heavy atom. The monoisotopic (exact) mass is 274 g/mol. The molecule has 2 aromatic rings. The van der Waals surface area contributed by atoms with Crippen molar-refractivity contribution in [3.63, 3.8) is 0 Å². The molecule has 0 radical (unpaired) electrons. The summed E-state index contributed by atoms with van der Waals surface area (Å²) in [5, 5.41) is 3.45. The molecule has 6 heteroatoms. The molecule has 0 amide bonds. The molecule has 0 aliphatic heterocycles. The van der Waals surface area contributed by atoms with Crippen molar-refractivity contribution in [1.82, 2.24) is 5.16 Å². The van der Waals surface area contributed by atoms with Crippen molar-refractivity contribution < 1.29 is 13.3 Å². The first kappa shape index (κ1) is 10.1. The SMILES string of the molecule is Nc1cc(-c2c(F)ccc(Br)c2F)no1. The zero-order valence-electron chi connectivity index (χ0n) is 7.30. The van der Waals surface area contributed by atoms with E-state index in [0.29, 0.717) is 0 Å². The fraction of sp³-hybridized carbons (Fsp3) is 0. The van der Waals surface area contributed by atoms with Crippen LogP contribution in [0.3, 0.4) is 0 Å². The van der Waals surface area contributed by atoms with Crippen LogP contribution in [-0.4, -0.2) is 5.16 Å². The van der Waals surface area contributed by atoms with Crippen LogP contribution in [0.25, 0.3) is 11.3 Å². The summed E-state index contributed by atoms with van der Waals surface area (Å²) < 4.78 is 31.6. The second-order valence-corrected chi connectivity index (χ2v) is 3.69. The van der Waals surface area contributed by atoms with E-state index < -0.39 is 11.6 Å². The molecule has 0 aliphatic rings. The molecule has 0 saturated heterocycles. The molecule has 1 aromatic carbocycles. The van der Waals surface area contributed by atoms with Crippen LogP contribution in [0.4, 0.5) is 14.7 Å². The topological polar surface area (TPSA) is 52.0 Å². The number of hydrogen-bond donors (Lipinski definition) is 1. The highest BCUT2D eigenvalue weighted by atomic mass is 79.9. The maximum absolute atomic E-state index is 13.5. The summed E-state index contributed by atoms with van der Waals surface area (Å²) in [6.07, 6.45) is 0. The maximum Gasteiger partial charge on any atom is 0.222 e. The van der Waals surface area contributed by atoms with E-state index in [1.807, 2.05) is 0 Å². The lowest BCUT2D eigenvalue weighted by Gasteiger charge is -2.01. The van der Waals surface area contributed by atoms with Crippen LogP contribution in [0, 0.1) is 11.6 Å². The van der Waals surface area contributed by atoms with Crippen molar-refractivity contribution in [3.05, 3.63) is 34.3 Å². The Bertz CT molecular complexity index is 513. The molecule has 0 bridgehead atoms. The summed E-state index contributed by atoms with van der Waals surface area (Å²) in [6, 6.07) is 3.67. The molecule has 2 rings (SSSR count). The Morgan fingerprint density at radius 3 is 2.67 bits per heavy atom. The van der Waals surface area contributed by atoms with Crippen LogP contribution < -0.4 is 5.73 Å². The first-order valence-electron chi connectivity index (χ1n) is 3.95. The van der Waals surface area contributed by atoms with Crippen molar-refractivity contribution >= 4 is 21.8 Å². The molecular formula is C9H5BrF2N2O. The van der Waals surface area contributed by atoms with E-state index in [9.17, 15) is 8.78 Å². The fourth-order valence-electron chi connectivity index (χ4n) is 1.17. The molecular weight excluding hydrogens is 270 g/mol. The second-order valence-electron chi connectivity index (χ2n) is 2.83. The van der Waals surface area contributed by atoms with Gasteiger partial charge in [-0.3, -0.25) is 0 Å². The summed E-state index contributed by atoms with van der Waals surface area (Å²) in [5.74, 6) is -1.45. The molecule has 0 saturated carbocycles. The molecule has 15 heavy (non-hydrogen) atoms. The summed E-state index contributed by atoms with van der Waals surface area (Å²) in [7, 11) is 0. The Labute approximate surface area is 92.0 Å². The van der Waals surface area contributed by atoms with Crippen LogP contribution in [0.1, 0.15) is 0 Å². The van der Waals surface area contributed by atoms with Crippen LogP contribution in [0.5, 0.6) is 0 Å². The maximum atomic E-state index is 13.5. The van der Waals surface area contributed by atoms with Gasteiger partial charge < -0.3 is 10.3 Å². The van der Waals surface area contributed by atoms with Gasteiger partial charge in [0.05, 0.1) is 10.0 Å². The largest absolute Gasteiger partial charge is 0.368 e. The van der Waals surface area contributed by atoms with Gasteiger partial charge in [-0.15, -0.1) is 0 Å². The van der Waals surface area contributed by atoms with Crippen molar-refractivity contribution in [2.75, 3.05) is 5.73 Å². The van der Waals surface area contributed by atoms with Gasteiger partial charge in [0.25, 0.3) is 0 Å². The highest BCUT2D eigenvalue weighted by molar-refractivity contribution is 9.10. The summed E-state index contributed by atoms with van der Waals surface area (Å²) in [4.78, 5) is 0. The minimum Gasteiger partial charge on any atom is -0.368 e.